The summed E-state index contributed by atoms with van der Waals surface area (Å²) in [6.45, 7) is 6.43. The standard InChI is InChI=1S/C19H35N3O4/c1-19(2,3)16-18(25)22(4)12-10-8-6-5-7-9-11-14(17(24)20-16)13-15(23)21-26/h14,16,26H,5-13H2,1-4H3,(H,20,24)(H,21,23)/t14-,16-/m1/s1. The van der Waals surface area contributed by atoms with E-state index in [-0.39, 0.29) is 18.2 Å². The zero-order valence-corrected chi connectivity index (χ0v) is 16.6. The summed E-state index contributed by atoms with van der Waals surface area (Å²) in [5.41, 5.74) is 1.16. The van der Waals surface area contributed by atoms with Gasteiger partial charge in [0.15, 0.2) is 0 Å². The molecule has 0 spiro atoms. The third-order valence-electron chi connectivity index (χ3n) is 5.00. The van der Waals surface area contributed by atoms with Crippen LogP contribution >= 0.6 is 0 Å². The van der Waals surface area contributed by atoms with Crippen LogP contribution in [0.2, 0.25) is 0 Å². The molecule has 3 N–H and O–H groups in total. The number of hydrogen-bond acceptors (Lipinski definition) is 4. The van der Waals surface area contributed by atoms with E-state index in [1.807, 2.05) is 20.8 Å². The Balaban J connectivity index is 3.00. The SMILES string of the molecule is CN1CCCCCCCC[C@H](CC(=O)NO)C(=O)N[C@@H](C(C)(C)C)C1=O. The maximum atomic E-state index is 12.9. The molecule has 0 aliphatic carbocycles. The number of nitrogens with one attached hydrogen (secondary N) is 2. The second-order valence-electron chi connectivity index (χ2n) is 8.41. The first-order valence-corrected chi connectivity index (χ1v) is 9.65. The Morgan fingerprint density at radius 2 is 1.73 bits per heavy atom. The van der Waals surface area contributed by atoms with Crippen molar-refractivity contribution in [2.24, 2.45) is 11.3 Å². The molecule has 1 aliphatic rings. The van der Waals surface area contributed by atoms with Crippen molar-refractivity contribution in [2.75, 3.05) is 13.6 Å². The van der Waals surface area contributed by atoms with E-state index in [2.05, 4.69) is 5.32 Å². The maximum absolute atomic E-state index is 12.9. The molecule has 0 aromatic rings. The number of carbonyl (C=O) groups excluding carboxylic acids is 3. The lowest BCUT2D eigenvalue weighted by molar-refractivity contribution is -0.140. The smallest absolute Gasteiger partial charge is 0.245 e. The zero-order valence-electron chi connectivity index (χ0n) is 16.6. The molecule has 0 unspecified atom stereocenters. The molecule has 0 radical (unpaired) electrons. The van der Waals surface area contributed by atoms with E-state index in [1.165, 1.54) is 0 Å². The summed E-state index contributed by atoms with van der Waals surface area (Å²) in [5, 5.41) is 11.7. The summed E-state index contributed by atoms with van der Waals surface area (Å²) in [6, 6.07) is -0.650. The predicted octanol–water partition coefficient (Wildman–Crippen LogP) is 2.23. The highest BCUT2D eigenvalue weighted by Crippen LogP contribution is 2.23. The Bertz CT molecular complexity index is 488. The van der Waals surface area contributed by atoms with Crippen molar-refractivity contribution >= 4 is 17.7 Å². The molecule has 1 saturated heterocycles. The molecule has 150 valence electrons. The van der Waals surface area contributed by atoms with Crippen LogP contribution in [0.3, 0.4) is 0 Å². The Morgan fingerprint density at radius 1 is 1.15 bits per heavy atom. The molecule has 0 saturated carbocycles. The number of amides is 3. The van der Waals surface area contributed by atoms with Gasteiger partial charge in [-0.1, -0.05) is 52.9 Å². The van der Waals surface area contributed by atoms with E-state index >= 15 is 0 Å². The second kappa shape index (κ2) is 10.5. The second-order valence-corrected chi connectivity index (χ2v) is 8.41. The molecule has 1 rings (SSSR count). The summed E-state index contributed by atoms with van der Waals surface area (Å²) < 4.78 is 0. The normalized spacial score (nSPS) is 24.6. The highest BCUT2D eigenvalue weighted by Gasteiger charge is 2.36. The average molecular weight is 370 g/mol. The Kier molecular flexibility index (Phi) is 9.05. The Hall–Kier alpha value is -1.63. The average Bonchev–Trinajstić information content (AvgIpc) is 2.57. The van der Waals surface area contributed by atoms with Crippen LogP contribution in [0.1, 0.15) is 72.1 Å². The third-order valence-corrected chi connectivity index (χ3v) is 5.00. The highest BCUT2D eigenvalue weighted by molar-refractivity contribution is 5.91. The minimum absolute atomic E-state index is 0.0801. The summed E-state index contributed by atoms with van der Waals surface area (Å²) in [5.74, 6) is -1.53. The Morgan fingerprint density at radius 3 is 2.31 bits per heavy atom. The molecule has 1 heterocycles. The molecule has 26 heavy (non-hydrogen) atoms. The molecule has 0 aromatic heterocycles. The van der Waals surface area contributed by atoms with Gasteiger partial charge in [-0.2, -0.15) is 0 Å². The largest absolute Gasteiger partial charge is 0.344 e. The van der Waals surface area contributed by atoms with Gasteiger partial charge in [-0.15, -0.1) is 0 Å². The molecule has 7 heteroatoms. The first kappa shape index (κ1) is 22.4. The highest BCUT2D eigenvalue weighted by atomic mass is 16.5. The first-order chi connectivity index (χ1) is 12.2. The Labute approximate surface area is 156 Å². The van der Waals surface area contributed by atoms with Gasteiger partial charge in [-0.3, -0.25) is 19.6 Å². The third kappa shape index (κ3) is 7.32. The van der Waals surface area contributed by atoms with E-state index in [1.54, 1.807) is 17.4 Å². The molecule has 1 aliphatic heterocycles. The number of rotatable bonds is 2. The van der Waals surface area contributed by atoms with Gasteiger partial charge in [0.2, 0.25) is 17.7 Å². The molecular formula is C19H35N3O4. The first-order valence-electron chi connectivity index (χ1n) is 9.65. The lowest BCUT2D eigenvalue weighted by Crippen LogP contribution is -2.55. The van der Waals surface area contributed by atoms with Crippen molar-refractivity contribution in [3.63, 3.8) is 0 Å². The molecule has 0 bridgehead atoms. The van der Waals surface area contributed by atoms with Crippen LogP contribution in [0.25, 0.3) is 0 Å². The van der Waals surface area contributed by atoms with Gasteiger partial charge >= 0.3 is 0 Å². The van der Waals surface area contributed by atoms with Crippen molar-refractivity contribution in [1.29, 1.82) is 0 Å². The van der Waals surface area contributed by atoms with Crippen molar-refractivity contribution in [3.05, 3.63) is 0 Å². The zero-order chi connectivity index (χ0) is 19.7. The van der Waals surface area contributed by atoms with Crippen molar-refractivity contribution < 1.29 is 19.6 Å². The fourth-order valence-electron chi connectivity index (χ4n) is 3.28. The van der Waals surface area contributed by atoms with Crippen LogP contribution in [0.4, 0.5) is 0 Å². The molecule has 3 amide bonds. The molecular weight excluding hydrogens is 334 g/mol. The van der Waals surface area contributed by atoms with Crippen molar-refractivity contribution in [1.82, 2.24) is 15.7 Å². The van der Waals surface area contributed by atoms with Crippen LogP contribution in [-0.2, 0) is 14.4 Å². The lowest BCUT2D eigenvalue weighted by Gasteiger charge is -2.34. The van der Waals surface area contributed by atoms with Crippen LogP contribution < -0.4 is 10.8 Å². The number of hydroxylamine groups is 1. The van der Waals surface area contributed by atoms with Gasteiger partial charge in [0.25, 0.3) is 0 Å². The van der Waals surface area contributed by atoms with Gasteiger partial charge in [-0.05, 0) is 18.3 Å². The number of hydrogen-bond donors (Lipinski definition) is 3. The summed E-state index contributed by atoms with van der Waals surface area (Å²) in [7, 11) is 1.77. The summed E-state index contributed by atoms with van der Waals surface area (Å²) >= 11 is 0. The predicted molar refractivity (Wildman–Crippen MR) is 99.4 cm³/mol. The summed E-state index contributed by atoms with van der Waals surface area (Å²) in [6.07, 6.45) is 6.60. The van der Waals surface area contributed by atoms with Gasteiger partial charge < -0.3 is 10.2 Å². The van der Waals surface area contributed by atoms with Crippen molar-refractivity contribution in [2.45, 2.75) is 78.2 Å². The maximum Gasteiger partial charge on any atom is 0.245 e. The van der Waals surface area contributed by atoms with Crippen LogP contribution in [-0.4, -0.2) is 47.5 Å². The van der Waals surface area contributed by atoms with Crippen molar-refractivity contribution in [3.8, 4) is 0 Å². The van der Waals surface area contributed by atoms with Crippen LogP contribution in [0, 0.1) is 11.3 Å². The minimum atomic E-state index is -0.650. The summed E-state index contributed by atoms with van der Waals surface area (Å²) in [4.78, 5) is 39.0. The number of likely N-dealkylation sites (N-methyl/N-ethyl adjacent to an activating group) is 1. The van der Waals surface area contributed by atoms with E-state index in [0.717, 1.165) is 38.5 Å². The fourth-order valence-corrected chi connectivity index (χ4v) is 3.28. The van der Waals surface area contributed by atoms with Crippen LogP contribution in [0.15, 0.2) is 0 Å². The monoisotopic (exact) mass is 369 g/mol. The van der Waals surface area contributed by atoms with Gasteiger partial charge in [0.1, 0.15) is 6.04 Å². The lowest BCUT2D eigenvalue weighted by atomic mass is 9.84. The minimum Gasteiger partial charge on any atom is -0.344 e. The molecule has 2 atom stereocenters. The molecule has 7 nitrogen and oxygen atoms in total. The fraction of sp³-hybridized carbons (Fsp3) is 0.842. The molecule has 1 fully saturated rings. The van der Waals surface area contributed by atoms with E-state index < -0.39 is 23.3 Å². The van der Waals surface area contributed by atoms with Crippen LogP contribution in [0.5, 0.6) is 0 Å². The molecule has 0 aromatic carbocycles. The van der Waals surface area contributed by atoms with E-state index in [9.17, 15) is 14.4 Å². The topological polar surface area (TPSA) is 98.7 Å². The van der Waals surface area contributed by atoms with E-state index in [0.29, 0.717) is 13.0 Å². The van der Waals surface area contributed by atoms with E-state index in [4.69, 9.17) is 5.21 Å². The van der Waals surface area contributed by atoms with Gasteiger partial charge in [0, 0.05) is 25.9 Å². The van der Waals surface area contributed by atoms with Gasteiger partial charge in [-0.25, -0.2) is 5.48 Å². The number of nitrogens with zero attached hydrogens (tertiary/aromatic N) is 1. The quantitative estimate of drug-likeness (QED) is 0.513. The number of carbonyl (C=O) groups is 3. The van der Waals surface area contributed by atoms with Gasteiger partial charge in [0.05, 0.1) is 0 Å².